The van der Waals surface area contributed by atoms with E-state index in [0.29, 0.717) is 5.56 Å². The lowest BCUT2D eigenvalue weighted by molar-refractivity contribution is -0.139. The second-order valence-electron chi connectivity index (χ2n) is 4.46. The Bertz CT molecular complexity index is 578. The van der Waals surface area contributed by atoms with Gasteiger partial charge >= 0.3 is 6.18 Å². The Morgan fingerprint density at radius 3 is 2.35 bits per heavy atom. The summed E-state index contributed by atoms with van der Waals surface area (Å²) in [6.45, 7) is 1.98. The fourth-order valence-corrected chi connectivity index (χ4v) is 2.00. The average Bonchev–Trinajstić information content (AvgIpc) is 2.46. The van der Waals surface area contributed by atoms with E-state index in [2.05, 4.69) is 4.98 Å². The smallest absolute Gasteiger partial charge is 0.384 e. The molecule has 1 atom stereocenters. The second-order valence-corrected chi connectivity index (χ2v) is 4.46. The average molecular weight is 281 g/mol. The number of hydrogen-bond acceptors (Lipinski definition) is 2. The van der Waals surface area contributed by atoms with Gasteiger partial charge in [-0.2, -0.15) is 13.2 Å². The van der Waals surface area contributed by atoms with E-state index < -0.39 is 17.8 Å². The minimum atomic E-state index is -4.51. The maximum absolute atomic E-state index is 12.9. The molecule has 0 aliphatic carbocycles. The third-order valence-electron chi connectivity index (χ3n) is 3.16. The highest BCUT2D eigenvalue weighted by Crippen LogP contribution is 2.35. The van der Waals surface area contributed by atoms with Gasteiger partial charge in [0, 0.05) is 18.0 Å². The maximum Gasteiger partial charge on any atom is 0.416 e. The highest BCUT2D eigenvalue weighted by molar-refractivity contribution is 5.36. The topological polar surface area (TPSA) is 33.1 Å². The van der Waals surface area contributed by atoms with Crippen molar-refractivity contribution in [2.75, 3.05) is 0 Å². The Morgan fingerprint density at radius 1 is 1.15 bits per heavy atom. The van der Waals surface area contributed by atoms with Crippen molar-refractivity contribution in [3.05, 3.63) is 65.0 Å². The molecule has 0 amide bonds. The highest BCUT2D eigenvalue weighted by Gasteiger charge is 2.35. The molecule has 1 aromatic carbocycles. The molecule has 106 valence electrons. The maximum atomic E-state index is 12.9. The van der Waals surface area contributed by atoms with Gasteiger partial charge in [-0.05, 0) is 23.6 Å². The lowest BCUT2D eigenvalue weighted by Crippen LogP contribution is -2.13. The monoisotopic (exact) mass is 281 g/mol. The Balaban J connectivity index is 2.40. The minimum absolute atomic E-state index is 0.232. The fraction of sp³-hybridized carbons (Fsp3) is 0.267. The third-order valence-corrected chi connectivity index (χ3v) is 3.16. The summed E-state index contributed by atoms with van der Waals surface area (Å²) >= 11 is 0. The van der Waals surface area contributed by atoms with E-state index in [4.69, 9.17) is 0 Å². The zero-order valence-corrected chi connectivity index (χ0v) is 10.9. The van der Waals surface area contributed by atoms with Crippen LogP contribution in [0.3, 0.4) is 0 Å². The lowest BCUT2D eigenvalue weighted by atomic mass is 9.97. The molecule has 0 aliphatic heterocycles. The summed E-state index contributed by atoms with van der Waals surface area (Å²) in [4.78, 5) is 3.68. The molecule has 0 saturated carbocycles. The summed E-state index contributed by atoms with van der Waals surface area (Å²) in [6, 6.07) is 7.73. The van der Waals surface area contributed by atoms with Gasteiger partial charge in [-0.1, -0.05) is 31.2 Å². The number of aliphatic hydroxyl groups excluding tert-OH is 1. The summed E-state index contributed by atoms with van der Waals surface area (Å²) in [6.07, 6.45) is -2.90. The highest BCUT2D eigenvalue weighted by atomic mass is 19.4. The van der Waals surface area contributed by atoms with Gasteiger partial charge in [0.25, 0.3) is 0 Å². The largest absolute Gasteiger partial charge is 0.416 e. The van der Waals surface area contributed by atoms with Crippen LogP contribution >= 0.6 is 0 Å². The SMILES string of the molecule is CCc1ccc(C(O)c2cnccc2C(F)(F)F)cc1. The molecule has 5 heteroatoms. The van der Waals surface area contributed by atoms with Gasteiger partial charge in [-0.3, -0.25) is 4.98 Å². The zero-order chi connectivity index (χ0) is 14.8. The Morgan fingerprint density at radius 2 is 1.80 bits per heavy atom. The Hall–Kier alpha value is -1.88. The van der Waals surface area contributed by atoms with Crippen LogP contribution in [0.2, 0.25) is 0 Å². The van der Waals surface area contributed by atoms with Crippen molar-refractivity contribution in [3.63, 3.8) is 0 Å². The van der Waals surface area contributed by atoms with Crippen LogP contribution in [0.25, 0.3) is 0 Å². The van der Waals surface area contributed by atoms with Crippen LogP contribution < -0.4 is 0 Å². The molecule has 0 fully saturated rings. The van der Waals surface area contributed by atoms with Crippen LogP contribution in [0.5, 0.6) is 0 Å². The number of benzene rings is 1. The molecule has 0 aliphatic rings. The van der Waals surface area contributed by atoms with Gasteiger partial charge in [0.1, 0.15) is 6.10 Å². The molecular weight excluding hydrogens is 267 g/mol. The van der Waals surface area contributed by atoms with Crippen molar-refractivity contribution in [2.24, 2.45) is 0 Å². The Labute approximate surface area is 114 Å². The van der Waals surface area contributed by atoms with E-state index >= 15 is 0 Å². The summed E-state index contributed by atoms with van der Waals surface area (Å²) < 4.78 is 38.7. The number of pyridine rings is 1. The molecule has 2 aromatic rings. The first-order chi connectivity index (χ1) is 9.43. The van der Waals surface area contributed by atoms with E-state index in [1.165, 1.54) is 0 Å². The number of aliphatic hydroxyl groups is 1. The summed E-state index contributed by atoms with van der Waals surface area (Å²) in [5.74, 6) is 0. The van der Waals surface area contributed by atoms with Crippen LogP contribution in [-0.4, -0.2) is 10.1 Å². The number of halogens is 3. The first-order valence-corrected chi connectivity index (χ1v) is 6.21. The molecule has 1 unspecified atom stereocenters. The molecule has 0 bridgehead atoms. The first-order valence-electron chi connectivity index (χ1n) is 6.21. The first kappa shape index (κ1) is 14.5. The predicted octanol–water partition coefficient (Wildman–Crippen LogP) is 3.74. The van der Waals surface area contributed by atoms with Crippen molar-refractivity contribution in [2.45, 2.75) is 25.6 Å². The van der Waals surface area contributed by atoms with Gasteiger partial charge in [0.2, 0.25) is 0 Å². The van der Waals surface area contributed by atoms with E-state index in [1.807, 2.05) is 6.92 Å². The standard InChI is InChI=1S/C15H14F3NO/c1-2-10-3-5-11(6-4-10)14(20)12-9-19-8-7-13(12)15(16,17)18/h3-9,14,20H,2H2,1H3. The third kappa shape index (κ3) is 2.99. The predicted molar refractivity (Wildman–Crippen MR) is 69.1 cm³/mol. The summed E-state index contributed by atoms with van der Waals surface area (Å²) in [5.41, 5.74) is 0.382. The number of alkyl halides is 3. The zero-order valence-electron chi connectivity index (χ0n) is 10.9. The van der Waals surface area contributed by atoms with Crippen LogP contribution in [-0.2, 0) is 12.6 Å². The van der Waals surface area contributed by atoms with Gasteiger partial charge in [-0.25, -0.2) is 0 Å². The normalized spacial score (nSPS) is 13.2. The van der Waals surface area contributed by atoms with Crippen LogP contribution in [0.4, 0.5) is 13.2 Å². The van der Waals surface area contributed by atoms with Crippen LogP contribution in [0, 0.1) is 0 Å². The summed E-state index contributed by atoms with van der Waals surface area (Å²) in [5, 5.41) is 10.2. The van der Waals surface area contributed by atoms with Crippen LogP contribution in [0.15, 0.2) is 42.7 Å². The molecule has 1 N–H and O–H groups in total. The van der Waals surface area contributed by atoms with Crippen molar-refractivity contribution in [1.82, 2.24) is 4.98 Å². The van der Waals surface area contributed by atoms with Gasteiger partial charge in [0.05, 0.1) is 5.56 Å². The molecule has 2 nitrogen and oxygen atoms in total. The Kier molecular flexibility index (Phi) is 4.09. The van der Waals surface area contributed by atoms with E-state index in [-0.39, 0.29) is 5.56 Å². The number of hydrogen-bond donors (Lipinski definition) is 1. The number of aromatic nitrogens is 1. The number of aryl methyl sites for hydroxylation is 1. The van der Waals surface area contributed by atoms with E-state index in [9.17, 15) is 18.3 Å². The molecule has 0 saturated heterocycles. The van der Waals surface area contributed by atoms with Crippen molar-refractivity contribution < 1.29 is 18.3 Å². The lowest BCUT2D eigenvalue weighted by Gasteiger charge is -2.17. The van der Waals surface area contributed by atoms with Crippen molar-refractivity contribution >= 4 is 0 Å². The van der Waals surface area contributed by atoms with Gasteiger partial charge in [0.15, 0.2) is 0 Å². The quantitative estimate of drug-likeness (QED) is 0.929. The van der Waals surface area contributed by atoms with E-state index in [0.717, 1.165) is 30.4 Å². The molecule has 2 rings (SSSR count). The van der Waals surface area contributed by atoms with Crippen molar-refractivity contribution in [1.29, 1.82) is 0 Å². The number of nitrogens with zero attached hydrogens (tertiary/aromatic N) is 1. The molecular formula is C15H14F3NO. The second kappa shape index (κ2) is 5.63. The molecule has 1 aromatic heterocycles. The van der Waals surface area contributed by atoms with Gasteiger partial charge in [-0.15, -0.1) is 0 Å². The van der Waals surface area contributed by atoms with E-state index in [1.54, 1.807) is 24.3 Å². The molecule has 0 spiro atoms. The minimum Gasteiger partial charge on any atom is -0.384 e. The number of rotatable bonds is 3. The van der Waals surface area contributed by atoms with Crippen LogP contribution in [0.1, 0.15) is 35.3 Å². The summed E-state index contributed by atoms with van der Waals surface area (Å²) in [7, 11) is 0. The van der Waals surface area contributed by atoms with Gasteiger partial charge < -0.3 is 5.11 Å². The molecule has 20 heavy (non-hydrogen) atoms. The molecule has 1 heterocycles. The fourth-order valence-electron chi connectivity index (χ4n) is 2.00. The molecule has 0 radical (unpaired) electrons. The van der Waals surface area contributed by atoms with Crippen molar-refractivity contribution in [3.8, 4) is 0 Å².